The van der Waals surface area contributed by atoms with Crippen LogP contribution < -0.4 is 0 Å². The lowest BCUT2D eigenvalue weighted by Gasteiger charge is -2.26. The van der Waals surface area contributed by atoms with Crippen molar-refractivity contribution in [3.05, 3.63) is 47.8 Å². The number of nitrogens with zero attached hydrogens (tertiary/aromatic N) is 3. The highest BCUT2D eigenvalue weighted by Crippen LogP contribution is 2.26. The van der Waals surface area contributed by atoms with E-state index in [1.165, 1.54) is 5.56 Å². The Morgan fingerprint density at radius 2 is 2.03 bits per heavy atom. The van der Waals surface area contributed by atoms with E-state index in [1.54, 1.807) is 12.4 Å². The Morgan fingerprint density at radius 1 is 1.24 bits per heavy atom. The molecule has 0 aliphatic carbocycles. The summed E-state index contributed by atoms with van der Waals surface area (Å²) < 4.78 is 5.43. The molecule has 3 heterocycles. The first-order chi connectivity index (χ1) is 13.9. The zero-order valence-electron chi connectivity index (χ0n) is 17.4. The van der Waals surface area contributed by atoms with Crippen LogP contribution in [0.25, 0.3) is 22.4 Å². The van der Waals surface area contributed by atoms with Crippen molar-refractivity contribution in [3.63, 3.8) is 0 Å². The normalized spacial score (nSPS) is 15.7. The molecule has 0 radical (unpaired) electrons. The Hall–Kier alpha value is -2.57. The highest BCUT2D eigenvalue weighted by molar-refractivity contribution is 6.06. The van der Waals surface area contributed by atoms with Crippen molar-refractivity contribution in [3.8, 4) is 11.3 Å². The van der Waals surface area contributed by atoms with E-state index in [4.69, 9.17) is 9.72 Å². The average Bonchev–Trinajstić information content (AvgIpc) is 3.11. The van der Waals surface area contributed by atoms with E-state index >= 15 is 0 Å². The molecular weight excluding hydrogens is 364 g/mol. The molecule has 3 aromatic rings. The quantitative estimate of drug-likeness (QED) is 0.663. The van der Waals surface area contributed by atoms with Gasteiger partial charge in [-0.25, -0.2) is 9.97 Å². The number of H-pyrrole nitrogens is 1. The molecule has 1 saturated heterocycles. The van der Waals surface area contributed by atoms with E-state index in [0.717, 1.165) is 44.1 Å². The van der Waals surface area contributed by atoms with E-state index < -0.39 is 0 Å². The van der Waals surface area contributed by atoms with Gasteiger partial charge in [-0.05, 0) is 17.0 Å². The number of fused-ring (bicyclic) bond motifs is 1. The molecule has 0 unspecified atom stereocenters. The lowest BCUT2D eigenvalue weighted by atomic mass is 9.88. The summed E-state index contributed by atoms with van der Waals surface area (Å²) in [6.07, 6.45) is 3.98. The number of benzene rings is 1. The van der Waals surface area contributed by atoms with Crippen LogP contribution in [0.2, 0.25) is 0 Å². The highest BCUT2D eigenvalue weighted by Gasteiger charge is 2.21. The van der Waals surface area contributed by atoms with Crippen molar-refractivity contribution < 1.29 is 9.53 Å². The van der Waals surface area contributed by atoms with Gasteiger partial charge in [0.25, 0.3) is 0 Å². The number of ketones is 1. The first-order valence-electron chi connectivity index (χ1n) is 10.2. The van der Waals surface area contributed by atoms with Crippen molar-refractivity contribution >= 4 is 16.9 Å². The third kappa shape index (κ3) is 4.71. The smallest absolute Gasteiger partial charge is 0.167 e. The van der Waals surface area contributed by atoms with Gasteiger partial charge in [-0.1, -0.05) is 39.0 Å². The minimum Gasteiger partial charge on any atom is -0.379 e. The van der Waals surface area contributed by atoms with Gasteiger partial charge in [0.15, 0.2) is 11.4 Å². The minimum absolute atomic E-state index is 0.0699. The number of morpholine rings is 1. The number of aromatic amines is 1. The number of carbonyl (C=O) groups excluding carboxylic acids is 1. The Kier molecular flexibility index (Phi) is 5.48. The lowest BCUT2D eigenvalue weighted by Crippen LogP contribution is -2.35. The third-order valence-electron chi connectivity index (χ3n) is 5.10. The Bertz CT molecular complexity index is 1010. The van der Waals surface area contributed by atoms with Crippen LogP contribution in [-0.4, -0.2) is 51.9 Å². The zero-order valence-corrected chi connectivity index (χ0v) is 17.4. The van der Waals surface area contributed by atoms with E-state index in [9.17, 15) is 4.79 Å². The highest BCUT2D eigenvalue weighted by atomic mass is 16.5. The third-order valence-corrected chi connectivity index (χ3v) is 5.10. The number of nitrogens with one attached hydrogen (secondary N) is 1. The maximum atomic E-state index is 12.8. The maximum absolute atomic E-state index is 12.8. The van der Waals surface area contributed by atoms with E-state index in [0.29, 0.717) is 23.1 Å². The standard InChI is InChI=1S/C23H28N4O2/c1-23(2,3)12-20(28)18-13-24-22-21(18)26-19(14-25-22)17-6-4-5-16(11-17)15-27-7-9-29-10-8-27/h4-6,11,13-14H,7-10,12,15H2,1-3H3,(H,24,25). The molecular formula is C23H28N4O2. The predicted molar refractivity (Wildman–Crippen MR) is 114 cm³/mol. The van der Waals surface area contributed by atoms with E-state index in [1.807, 2.05) is 6.07 Å². The molecule has 152 valence electrons. The first kappa shape index (κ1) is 19.7. The van der Waals surface area contributed by atoms with Gasteiger partial charge in [-0.2, -0.15) is 0 Å². The molecule has 0 bridgehead atoms. The molecule has 6 nitrogen and oxygen atoms in total. The number of hydrogen-bond acceptors (Lipinski definition) is 5. The number of aromatic nitrogens is 3. The molecule has 1 aliphatic heterocycles. The molecule has 1 aromatic carbocycles. The Morgan fingerprint density at radius 3 is 2.79 bits per heavy atom. The molecule has 1 aliphatic rings. The van der Waals surface area contributed by atoms with Crippen LogP contribution in [0.5, 0.6) is 0 Å². The second kappa shape index (κ2) is 8.05. The van der Waals surface area contributed by atoms with Crippen molar-refractivity contribution in [2.24, 2.45) is 5.41 Å². The number of ether oxygens (including phenoxy) is 1. The van der Waals surface area contributed by atoms with E-state index in [-0.39, 0.29) is 11.2 Å². The monoisotopic (exact) mass is 392 g/mol. The molecule has 0 spiro atoms. The van der Waals surface area contributed by atoms with Crippen LogP contribution in [0.4, 0.5) is 0 Å². The molecule has 6 heteroatoms. The number of hydrogen-bond donors (Lipinski definition) is 1. The van der Waals surface area contributed by atoms with Gasteiger partial charge in [-0.15, -0.1) is 0 Å². The van der Waals surface area contributed by atoms with Crippen molar-refractivity contribution in [2.45, 2.75) is 33.7 Å². The van der Waals surface area contributed by atoms with Crippen LogP contribution in [0.3, 0.4) is 0 Å². The number of carbonyl (C=O) groups is 1. The Balaban J connectivity index is 1.61. The van der Waals surface area contributed by atoms with E-state index in [2.05, 4.69) is 53.8 Å². The summed E-state index contributed by atoms with van der Waals surface area (Å²) in [7, 11) is 0. The summed E-state index contributed by atoms with van der Waals surface area (Å²) in [5.74, 6) is 0.0938. The number of rotatable bonds is 5. The Labute approximate surface area is 171 Å². The van der Waals surface area contributed by atoms with Crippen LogP contribution in [0, 0.1) is 5.41 Å². The summed E-state index contributed by atoms with van der Waals surface area (Å²) in [4.78, 5) is 27.5. The topological polar surface area (TPSA) is 71.1 Å². The molecule has 4 rings (SSSR count). The molecule has 0 saturated carbocycles. The minimum atomic E-state index is -0.0699. The fourth-order valence-corrected chi connectivity index (χ4v) is 3.67. The van der Waals surface area contributed by atoms with Gasteiger partial charge in [0.2, 0.25) is 0 Å². The van der Waals surface area contributed by atoms with Crippen molar-refractivity contribution in [1.29, 1.82) is 0 Å². The van der Waals surface area contributed by atoms with Gasteiger partial charge in [0.05, 0.1) is 30.7 Å². The number of Topliss-reactive ketones (excluding diaryl/α,β-unsaturated/α-hetero) is 1. The lowest BCUT2D eigenvalue weighted by molar-refractivity contribution is 0.0342. The SMILES string of the molecule is CC(C)(C)CC(=O)c1c[nH]c2ncc(-c3cccc(CN4CCOCC4)c3)nc12. The molecule has 29 heavy (non-hydrogen) atoms. The second-order valence-electron chi connectivity index (χ2n) is 8.90. The molecule has 1 N–H and O–H groups in total. The summed E-state index contributed by atoms with van der Waals surface area (Å²) in [6.45, 7) is 10.6. The fraction of sp³-hybridized carbons (Fsp3) is 0.435. The molecule has 0 atom stereocenters. The van der Waals surface area contributed by atoms with Crippen LogP contribution in [0.1, 0.15) is 43.1 Å². The largest absolute Gasteiger partial charge is 0.379 e. The van der Waals surface area contributed by atoms with Crippen LogP contribution in [0.15, 0.2) is 36.7 Å². The fourth-order valence-electron chi connectivity index (χ4n) is 3.67. The molecule has 0 amide bonds. The van der Waals surface area contributed by atoms with Gasteiger partial charge in [0.1, 0.15) is 5.52 Å². The zero-order chi connectivity index (χ0) is 20.4. The summed E-state index contributed by atoms with van der Waals surface area (Å²) in [5, 5.41) is 0. The van der Waals surface area contributed by atoms with Gasteiger partial charge in [0, 0.05) is 37.8 Å². The maximum Gasteiger partial charge on any atom is 0.167 e. The summed E-state index contributed by atoms with van der Waals surface area (Å²) >= 11 is 0. The summed E-state index contributed by atoms with van der Waals surface area (Å²) in [6, 6.07) is 8.40. The predicted octanol–water partition coefficient (Wildman–Crippen LogP) is 4.08. The summed E-state index contributed by atoms with van der Waals surface area (Å²) in [5.41, 5.74) is 4.88. The van der Waals surface area contributed by atoms with Crippen LogP contribution in [-0.2, 0) is 11.3 Å². The van der Waals surface area contributed by atoms with Crippen molar-refractivity contribution in [2.75, 3.05) is 26.3 Å². The van der Waals surface area contributed by atoms with Gasteiger partial charge in [-0.3, -0.25) is 9.69 Å². The second-order valence-corrected chi connectivity index (χ2v) is 8.90. The van der Waals surface area contributed by atoms with Crippen LogP contribution >= 0.6 is 0 Å². The van der Waals surface area contributed by atoms with Gasteiger partial charge >= 0.3 is 0 Å². The average molecular weight is 393 g/mol. The first-order valence-corrected chi connectivity index (χ1v) is 10.2. The molecule has 1 fully saturated rings. The van der Waals surface area contributed by atoms with Gasteiger partial charge < -0.3 is 9.72 Å². The van der Waals surface area contributed by atoms with Crippen molar-refractivity contribution in [1.82, 2.24) is 19.9 Å². The molecule has 2 aromatic heterocycles.